The molecule has 1 N–H and O–H groups in total. The second kappa shape index (κ2) is 8.08. The van der Waals surface area contributed by atoms with Crippen LogP contribution in [0.5, 0.6) is 0 Å². The minimum atomic E-state index is 0.687. The Bertz CT molecular complexity index is 164. The highest BCUT2D eigenvalue weighted by Crippen LogP contribution is 2.23. The highest BCUT2D eigenvalue weighted by atomic mass is 15.1. The Kier molecular flexibility index (Phi) is 7.06. The van der Waals surface area contributed by atoms with Gasteiger partial charge in [-0.05, 0) is 52.2 Å². The molecule has 16 heavy (non-hydrogen) atoms. The Hall–Kier alpha value is -0.0800. The largest absolute Gasteiger partial charge is 0.315 e. The van der Waals surface area contributed by atoms with E-state index in [1.54, 1.807) is 0 Å². The van der Waals surface area contributed by atoms with Crippen molar-refractivity contribution in [2.45, 2.75) is 71.4 Å². The van der Waals surface area contributed by atoms with E-state index < -0.39 is 0 Å². The SMILES string of the molecule is CCNC(C)CCCN(CC)C1CCCC1. The fourth-order valence-corrected chi connectivity index (χ4v) is 2.92. The van der Waals surface area contributed by atoms with Gasteiger partial charge in [0.05, 0.1) is 0 Å². The number of rotatable bonds is 8. The molecule has 1 rings (SSSR count). The van der Waals surface area contributed by atoms with Crippen molar-refractivity contribution >= 4 is 0 Å². The van der Waals surface area contributed by atoms with Crippen LogP contribution in [0.1, 0.15) is 59.3 Å². The van der Waals surface area contributed by atoms with Crippen LogP contribution >= 0.6 is 0 Å². The predicted octanol–water partition coefficient (Wildman–Crippen LogP) is 3.03. The number of hydrogen-bond acceptors (Lipinski definition) is 2. The van der Waals surface area contributed by atoms with Crippen molar-refractivity contribution in [3.8, 4) is 0 Å². The zero-order chi connectivity index (χ0) is 11.8. The third kappa shape index (κ3) is 4.84. The lowest BCUT2D eigenvalue weighted by molar-refractivity contribution is 0.202. The van der Waals surface area contributed by atoms with Gasteiger partial charge in [-0.1, -0.05) is 26.7 Å². The van der Waals surface area contributed by atoms with Gasteiger partial charge in [0.15, 0.2) is 0 Å². The van der Waals surface area contributed by atoms with E-state index in [2.05, 4.69) is 31.0 Å². The lowest BCUT2D eigenvalue weighted by atomic mass is 10.1. The summed E-state index contributed by atoms with van der Waals surface area (Å²) in [4.78, 5) is 2.70. The average molecular weight is 226 g/mol. The van der Waals surface area contributed by atoms with Crippen LogP contribution in [0.3, 0.4) is 0 Å². The van der Waals surface area contributed by atoms with Gasteiger partial charge in [0.2, 0.25) is 0 Å². The Morgan fingerprint density at radius 3 is 2.50 bits per heavy atom. The van der Waals surface area contributed by atoms with Crippen LogP contribution in [-0.2, 0) is 0 Å². The molecule has 2 nitrogen and oxygen atoms in total. The van der Waals surface area contributed by atoms with E-state index in [1.165, 1.54) is 51.6 Å². The lowest BCUT2D eigenvalue weighted by Crippen LogP contribution is -2.35. The van der Waals surface area contributed by atoms with Gasteiger partial charge in [0.1, 0.15) is 0 Å². The van der Waals surface area contributed by atoms with E-state index in [0.717, 1.165) is 12.6 Å². The van der Waals surface area contributed by atoms with Crippen molar-refractivity contribution in [2.24, 2.45) is 0 Å². The third-order valence-corrected chi connectivity index (χ3v) is 3.88. The normalized spacial score (nSPS) is 19.5. The highest BCUT2D eigenvalue weighted by molar-refractivity contribution is 4.77. The first-order valence-electron chi connectivity index (χ1n) is 7.25. The molecule has 0 radical (unpaired) electrons. The van der Waals surface area contributed by atoms with Gasteiger partial charge >= 0.3 is 0 Å². The van der Waals surface area contributed by atoms with Gasteiger partial charge in [-0.25, -0.2) is 0 Å². The Labute approximate surface area is 102 Å². The van der Waals surface area contributed by atoms with Crippen LogP contribution in [-0.4, -0.2) is 36.6 Å². The number of nitrogens with zero attached hydrogens (tertiary/aromatic N) is 1. The highest BCUT2D eigenvalue weighted by Gasteiger charge is 2.20. The van der Waals surface area contributed by atoms with Crippen LogP contribution in [0.15, 0.2) is 0 Å². The van der Waals surface area contributed by atoms with E-state index in [4.69, 9.17) is 0 Å². The summed E-state index contributed by atoms with van der Waals surface area (Å²) in [7, 11) is 0. The van der Waals surface area contributed by atoms with Gasteiger partial charge in [0.25, 0.3) is 0 Å². The third-order valence-electron chi connectivity index (χ3n) is 3.88. The van der Waals surface area contributed by atoms with Crippen LogP contribution in [0, 0.1) is 0 Å². The molecule has 2 heteroatoms. The molecule has 1 fully saturated rings. The molecule has 1 aliphatic rings. The molecule has 1 unspecified atom stereocenters. The molecule has 0 amide bonds. The summed E-state index contributed by atoms with van der Waals surface area (Å²) in [5.74, 6) is 0. The molecule has 0 aromatic heterocycles. The van der Waals surface area contributed by atoms with Gasteiger partial charge in [0, 0.05) is 12.1 Å². The zero-order valence-electron chi connectivity index (χ0n) is 11.5. The molecule has 0 heterocycles. The molecule has 0 bridgehead atoms. The molecule has 0 aliphatic heterocycles. The summed E-state index contributed by atoms with van der Waals surface area (Å²) in [5, 5.41) is 3.49. The summed E-state index contributed by atoms with van der Waals surface area (Å²) in [5.41, 5.74) is 0. The number of hydrogen-bond donors (Lipinski definition) is 1. The van der Waals surface area contributed by atoms with Crippen LogP contribution in [0.2, 0.25) is 0 Å². The standard InChI is InChI=1S/C14H30N2/c1-4-15-13(3)9-8-12-16(5-2)14-10-6-7-11-14/h13-15H,4-12H2,1-3H3. The second-order valence-corrected chi connectivity index (χ2v) is 5.17. The van der Waals surface area contributed by atoms with Crippen LogP contribution < -0.4 is 5.32 Å². The van der Waals surface area contributed by atoms with E-state index in [1.807, 2.05) is 0 Å². The Morgan fingerprint density at radius 1 is 1.25 bits per heavy atom. The summed E-state index contributed by atoms with van der Waals surface area (Å²) in [6, 6.07) is 1.59. The first-order chi connectivity index (χ1) is 7.77. The van der Waals surface area contributed by atoms with Gasteiger partial charge in [-0.3, -0.25) is 0 Å². The van der Waals surface area contributed by atoms with Crippen LogP contribution in [0.25, 0.3) is 0 Å². The maximum atomic E-state index is 3.49. The molecule has 0 aromatic rings. The van der Waals surface area contributed by atoms with Gasteiger partial charge < -0.3 is 10.2 Å². The van der Waals surface area contributed by atoms with E-state index in [-0.39, 0.29) is 0 Å². The van der Waals surface area contributed by atoms with Gasteiger partial charge in [-0.2, -0.15) is 0 Å². The Morgan fingerprint density at radius 2 is 1.94 bits per heavy atom. The van der Waals surface area contributed by atoms with E-state index in [0.29, 0.717) is 6.04 Å². The molecular formula is C14H30N2. The second-order valence-electron chi connectivity index (χ2n) is 5.17. The maximum Gasteiger partial charge on any atom is 0.00951 e. The fraction of sp³-hybridized carbons (Fsp3) is 1.00. The minimum absolute atomic E-state index is 0.687. The molecular weight excluding hydrogens is 196 g/mol. The Balaban J connectivity index is 2.13. The summed E-state index contributed by atoms with van der Waals surface area (Å²) < 4.78 is 0. The molecule has 1 aliphatic carbocycles. The smallest absolute Gasteiger partial charge is 0.00951 e. The molecule has 1 saturated carbocycles. The topological polar surface area (TPSA) is 15.3 Å². The zero-order valence-corrected chi connectivity index (χ0v) is 11.5. The van der Waals surface area contributed by atoms with Crippen LogP contribution in [0.4, 0.5) is 0 Å². The van der Waals surface area contributed by atoms with Crippen molar-refractivity contribution in [1.82, 2.24) is 10.2 Å². The lowest BCUT2D eigenvalue weighted by Gasteiger charge is -2.27. The molecule has 0 aromatic carbocycles. The maximum absolute atomic E-state index is 3.49. The molecule has 96 valence electrons. The average Bonchev–Trinajstić information content (AvgIpc) is 2.78. The van der Waals surface area contributed by atoms with E-state index in [9.17, 15) is 0 Å². The van der Waals surface area contributed by atoms with E-state index >= 15 is 0 Å². The van der Waals surface area contributed by atoms with Crippen molar-refractivity contribution in [2.75, 3.05) is 19.6 Å². The van der Waals surface area contributed by atoms with Gasteiger partial charge in [-0.15, -0.1) is 0 Å². The molecule has 1 atom stereocenters. The molecule has 0 saturated heterocycles. The summed E-state index contributed by atoms with van der Waals surface area (Å²) in [6.07, 6.45) is 8.45. The fourth-order valence-electron chi connectivity index (χ4n) is 2.92. The minimum Gasteiger partial charge on any atom is -0.315 e. The number of nitrogens with one attached hydrogen (secondary N) is 1. The summed E-state index contributed by atoms with van der Waals surface area (Å²) in [6.45, 7) is 10.4. The molecule has 0 spiro atoms. The van der Waals surface area contributed by atoms with Crippen molar-refractivity contribution in [3.05, 3.63) is 0 Å². The van der Waals surface area contributed by atoms with Crippen molar-refractivity contribution < 1.29 is 0 Å². The monoisotopic (exact) mass is 226 g/mol. The first-order valence-corrected chi connectivity index (χ1v) is 7.25. The van der Waals surface area contributed by atoms with Crippen molar-refractivity contribution in [3.63, 3.8) is 0 Å². The summed E-state index contributed by atoms with van der Waals surface area (Å²) >= 11 is 0. The van der Waals surface area contributed by atoms with Crippen molar-refractivity contribution in [1.29, 1.82) is 0 Å². The quantitative estimate of drug-likeness (QED) is 0.684. The first kappa shape index (κ1) is 14.0. The predicted molar refractivity (Wildman–Crippen MR) is 71.9 cm³/mol.